The van der Waals surface area contributed by atoms with Crippen LogP contribution in [0.25, 0.3) is 10.1 Å². The lowest BCUT2D eigenvalue weighted by Crippen LogP contribution is -1.80. The summed E-state index contributed by atoms with van der Waals surface area (Å²) in [7, 11) is 1.65. The highest BCUT2D eigenvalue weighted by molar-refractivity contribution is 7.21. The fraction of sp³-hybridized carbons (Fsp3) is 0.182. The van der Waals surface area contributed by atoms with Crippen LogP contribution in [-0.4, -0.2) is 13.4 Å². The van der Waals surface area contributed by atoms with Crippen LogP contribution in [0.2, 0.25) is 0 Å². The maximum absolute atomic E-state index is 10.8. The van der Waals surface area contributed by atoms with Gasteiger partial charge in [-0.05, 0) is 12.3 Å². The summed E-state index contributed by atoms with van der Waals surface area (Å²) in [5.41, 5.74) is 1.84. The van der Waals surface area contributed by atoms with Gasteiger partial charge in [0.2, 0.25) is 0 Å². The number of hydrogen-bond acceptors (Lipinski definition) is 3. The Labute approximate surface area is 86.1 Å². The van der Waals surface area contributed by atoms with Crippen LogP contribution in [0.15, 0.2) is 18.2 Å². The first-order valence-corrected chi connectivity index (χ1v) is 5.11. The van der Waals surface area contributed by atoms with Crippen molar-refractivity contribution in [3.8, 4) is 5.06 Å². The van der Waals surface area contributed by atoms with Gasteiger partial charge in [-0.1, -0.05) is 29.5 Å². The highest BCUT2D eigenvalue weighted by Crippen LogP contribution is 2.37. The Balaban J connectivity index is 2.83. The van der Waals surface area contributed by atoms with E-state index in [2.05, 4.69) is 0 Å². The van der Waals surface area contributed by atoms with Crippen molar-refractivity contribution in [2.24, 2.45) is 0 Å². The molecule has 2 aromatic rings. The van der Waals surface area contributed by atoms with Crippen molar-refractivity contribution in [1.82, 2.24) is 0 Å². The molecule has 2 nitrogen and oxygen atoms in total. The van der Waals surface area contributed by atoms with Gasteiger partial charge in [0.05, 0.1) is 7.11 Å². The van der Waals surface area contributed by atoms with Crippen LogP contribution in [0.3, 0.4) is 0 Å². The Bertz CT molecular complexity index is 485. The molecule has 0 fully saturated rings. The van der Waals surface area contributed by atoms with Crippen molar-refractivity contribution in [1.29, 1.82) is 0 Å². The maximum atomic E-state index is 10.8. The minimum Gasteiger partial charge on any atom is -0.487 e. The van der Waals surface area contributed by atoms with Gasteiger partial charge in [-0.3, -0.25) is 4.79 Å². The van der Waals surface area contributed by atoms with Gasteiger partial charge in [0, 0.05) is 15.8 Å². The molecule has 0 atom stereocenters. The molecule has 3 heteroatoms. The number of benzene rings is 1. The first-order chi connectivity index (χ1) is 6.77. The number of fused-ring (bicyclic) bond motifs is 1. The molecule has 0 bridgehead atoms. The van der Waals surface area contributed by atoms with E-state index >= 15 is 0 Å². The zero-order chi connectivity index (χ0) is 10.1. The Kier molecular flexibility index (Phi) is 2.25. The number of hydrogen-bond donors (Lipinski definition) is 0. The predicted octanol–water partition coefficient (Wildman–Crippen LogP) is 3.03. The normalized spacial score (nSPS) is 10.4. The minimum absolute atomic E-state index is 0.735. The summed E-state index contributed by atoms with van der Waals surface area (Å²) in [6, 6.07) is 5.73. The molecule has 2 rings (SSSR count). The average molecular weight is 206 g/mol. The highest BCUT2D eigenvalue weighted by atomic mass is 32.1. The third-order valence-corrected chi connectivity index (χ3v) is 3.58. The van der Waals surface area contributed by atoms with Crippen molar-refractivity contribution >= 4 is 27.7 Å². The van der Waals surface area contributed by atoms with Crippen LogP contribution in [0, 0.1) is 6.92 Å². The second kappa shape index (κ2) is 3.42. The van der Waals surface area contributed by atoms with E-state index in [1.165, 1.54) is 11.3 Å². The fourth-order valence-corrected chi connectivity index (χ4v) is 2.63. The van der Waals surface area contributed by atoms with Crippen LogP contribution >= 0.6 is 11.3 Å². The quantitative estimate of drug-likeness (QED) is 0.706. The van der Waals surface area contributed by atoms with E-state index in [0.717, 1.165) is 32.6 Å². The van der Waals surface area contributed by atoms with Gasteiger partial charge in [0.15, 0.2) is 11.3 Å². The molecule has 0 aliphatic carbocycles. The second-order valence-electron chi connectivity index (χ2n) is 3.06. The Hall–Kier alpha value is -1.35. The van der Waals surface area contributed by atoms with E-state index in [-0.39, 0.29) is 0 Å². The van der Waals surface area contributed by atoms with E-state index in [9.17, 15) is 4.79 Å². The van der Waals surface area contributed by atoms with Crippen LogP contribution < -0.4 is 4.74 Å². The van der Waals surface area contributed by atoms with Crippen LogP contribution in [-0.2, 0) is 0 Å². The Morgan fingerprint density at radius 2 is 2.21 bits per heavy atom. The average Bonchev–Trinajstić information content (AvgIpc) is 2.55. The molecule has 0 aliphatic rings. The van der Waals surface area contributed by atoms with Crippen LogP contribution in [0.4, 0.5) is 0 Å². The van der Waals surface area contributed by atoms with Crippen molar-refractivity contribution in [2.75, 3.05) is 7.11 Å². The summed E-state index contributed by atoms with van der Waals surface area (Å²) in [4.78, 5) is 10.8. The molecular weight excluding hydrogens is 196 g/mol. The summed E-state index contributed by atoms with van der Waals surface area (Å²) < 4.78 is 6.24. The monoisotopic (exact) mass is 206 g/mol. The van der Waals surface area contributed by atoms with Gasteiger partial charge < -0.3 is 4.74 Å². The van der Waals surface area contributed by atoms with E-state index in [4.69, 9.17) is 4.74 Å². The van der Waals surface area contributed by atoms with Gasteiger partial charge >= 0.3 is 0 Å². The molecule has 72 valence electrons. The molecule has 0 N–H and O–H groups in total. The molecule has 1 heterocycles. The summed E-state index contributed by atoms with van der Waals surface area (Å²) in [5, 5.41) is 1.99. The summed E-state index contributed by atoms with van der Waals surface area (Å²) in [5.74, 6) is 0. The number of carbonyl (C=O) groups is 1. The summed E-state index contributed by atoms with van der Waals surface area (Å²) >= 11 is 1.52. The van der Waals surface area contributed by atoms with Gasteiger partial charge in [0.1, 0.15) is 0 Å². The van der Waals surface area contributed by atoms with Crippen molar-refractivity contribution in [3.63, 3.8) is 0 Å². The number of carbonyl (C=O) groups excluding carboxylic acids is 1. The zero-order valence-corrected chi connectivity index (χ0v) is 8.85. The van der Waals surface area contributed by atoms with Gasteiger partial charge in [-0.25, -0.2) is 0 Å². The molecule has 0 saturated heterocycles. The molecule has 1 aromatic heterocycles. The van der Waals surface area contributed by atoms with E-state index < -0.39 is 0 Å². The second-order valence-corrected chi connectivity index (χ2v) is 4.04. The van der Waals surface area contributed by atoms with Crippen LogP contribution in [0.5, 0.6) is 5.06 Å². The Morgan fingerprint density at radius 3 is 2.86 bits per heavy atom. The van der Waals surface area contributed by atoms with Crippen molar-refractivity contribution in [3.05, 3.63) is 29.3 Å². The zero-order valence-electron chi connectivity index (χ0n) is 8.03. The van der Waals surface area contributed by atoms with Gasteiger partial charge in [-0.2, -0.15) is 0 Å². The molecule has 0 radical (unpaired) electrons. The first kappa shape index (κ1) is 9.21. The molecule has 0 unspecified atom stereocenters. The van der Waals surface area contributed by atoms with Gasteiger partial charge in [0.25, 0.3) is 0 Å². The number of rotatable bonds is 2. The lowest BCUT2D eigenvalue weighted by molar-refractivity contribution is 0.112. The highest BCUT2D eigenvalue weighted by Gasteiger charge is 2.10. The van der Waals surface area contributed by atoms with Crippen molar-refractivity contribution < 1.29 is 9.53 Å². The Morgan fingerprint density at radius 1 is 1.43 bits per heavy atom. The molecule has 0 amide bonds. The third-order valence-electron chi connectivity index (χ3n) is 2.26. The predicted molar refractivity (Wildman–Crippen MR) is 58.5 cm³/mol. The summed E-state index contributed by atoms with van der Waals surface area (Å²) in [6.45, 7) is 2.01. The maximum Gasteiger partial charge on any atom is 0.177 e. The lowest BCUT2D eigenvalue weighted by atomic mass is 10.1. The molecular formula is C11H10O2S. The van der Waals surface area contributed by atoms with Crippen molar-refractivity contribution in [2.45, 2.75) is 6.92 Å². The number of aldehydes is 1. The minimum atomic E-state index is 0.735. The van der Waals surface area contributed by atoms with E-state index in [0.29, 0.717) is 0 Å². The topological polar surface area (TPSA) is 26.3 Å². The molecule has 1 aromatic carbocycles. The number of ether oxygens (including phenoxy) is 1. The SMILES string of the molecule is COc1sc2c(C=O)cccc2c1C. The molecule has 0 aliphatic heterocycles. The van der Waals surface area contributed by atoms with Gasteiger partial charge in [-0.15, -0.1) is 0 Å². The van der Waals surface area contributed by atoms with E-state index in [1.807, 2.05) is 25.1 Å². The molecule has 14 heavy (non-hydrogen) atoms. The number of aryl methyl sites for hydroxylation is 1. The number of thiophene rings is 1. The number of methoxy groups -OCH3 is 1. The molecule has 0 spiro atoms. The third kappa shape index (κ3) is 1.21. The van der Waals surface area contributed by atoms with E-state index in [1.54, 1.807) is 7.11 Å². The van der Waals surface area contributed by atoms with Crippen LogP contribution in [0.1, 0.15) is 15.9 Å². The largest absolute Gasteiger partial charge is 0.487 e. The fourth-order valence-electron chi connectivity index (χ4n) is 1.53. The molecule has 0 saturated carbocycles. The first-order valence-electron chi connectivity index (χ1n) is 4.29. The smallest absolute Gasteiger partial charge is 0.177 e. The lowest BCUT2D eigenvalue weighted by Gasteiger charge is -1.94. The summed E-state index contributed by atoms with van der Waals surface area (Å²) in [6.07, 6.45) is 0.887. The standard InChI is InChI=1S/C11H10O2S/c1-7-9-5-3-4-8(6-12)10(9)14-11(7)13-2/h3-6H,1-2H3.